The molecule has 1 saturated carbocycles. The highest BCUT2D eigenvalue weighted by atomic mass is 35.5. The Morgan fingerprint density at radius 1 is 1.30 bits per heavy atom. The lowest BCUT2D eigenvalue weighted by Gasteiger charge is -2.25. The summed E-state index contributed by atoms with van der Waals surface area (Å²) >= 11 is 5.95. The van der Waals surface area contributed by atoms with Gasteiger partial charge in [0.25, 0.3) is 0 Å². The minimum atomic E-state index is -3.63. The first-order chi connectivity index (χ1) is 10.5. The zero-order valence-electron chi connectivity index (χ0n) is 13.2. The number of hydrogen-bond acceptors (Lipinski definition) is 4. The van der Waals surface area contributed by atoms with E-state index in [2.05, 4.69) is 10.0 Å². The lowest BCUT2D eigenvalue weighted by Crippen LogP contribution is -2.32. The summed E-state index contributed by atoms with van der Waals surface area (Å²) in [7, 11) is -3.63. The predicted molar refractivity (Wildman–Crippen MR) is 95.3 cm³/mol. The lowest BCUT2D eigenvalue weighted by molar-refractivity contribution is 0.177. The third-order valence-electron chi connectivity index (χ3n) is 3.74. The Labute approximate surface area is 149 Å². The van der Waals surface area contributed by atoms with Gasteiger partial charge in [-0.1, -0.05) is 24.9 Å². The molecule has 1 aliphatic carbocycles. The second-order valence-corrected chi connectivity index (χ2v) is 7.62. The van der Waals surface area contributed by atoms with Crippen LogP contribution in [0.3, 0.4) is 0 Å². The molecule has 0 bridgehead atoms. The van der Waals surface area contributed by atoms with Gasteiger partial charge in [-0.05, 0) is 43.5 Å². The molecule has 0 amide bonds. The Morgan fingerprint density at radius 3 is 2.65 bits per heavy atom. The smallest absolute Gasteiger partial charge is 0.244 e. The van der Waals surface area contributed by atoms with Gasteiger partial charge in [-0.15, -0.1) is 12.4 Å². The van der Waals surface area contributed by atoms with Gasteiger partial charge in [0, 0.05) is 18.1 Å². The summed E-state index contributed by atoms with van der Waals surface area (Å²) < 4.78 is 33.1. The molecule has 5 nitrogen and oxygen atoms in total. The van der Waals surface area contributed by atoms with E-state index in [9.17, 15) is 8.42 Å². The van der Waals surface area contributed by atoms with E-state index in [0.29, 0.717) is 36.4 Å². The summed E-state index contributed by atoms with van der Waals surface area (Å²) in [6.45, 7) is 4.23. The summed E-state index contributed by atoms with van der Waals surface area (Å²) in [6.07, 6.45) is 3.53. The molecule has 0 aliphatic heterocycles. The normalized spacial score (nSPS) is 14.9. The van der Waals surface area contributed by atoms with Crippen LogP contribution in [-0.4, -0.2) is 34.7 Å². The van der Waals surface area contributed by atoms with E-state index >= 15 is 0 Å². The highest BCUT2D eigenvalue weighted by Gasteiger charge is 2.22. The van der Waals surface area contributed by atoms with E-state index in [4.69, 9.17) is 16.3 Å². The fourth-order valence-electron chi connectivity index (χ4n) is 2.21. The molecule has 2 rings (SSSR count). The van der Waals surface area contributed by atoms with Gasteiger partial charge in [0.15, 0.2) is 0 Å². The minimum absolute atomic E-state index is 0. The van der Waals surface area contributed by atoms with Crippen LogP contribution in [0, 0.1) is 5.92 Å². The molecule has 0 heterocycles. The molecule has 0 unspecified atom stereocenters. The predicted octanol–water partition coefficient (Wildman–Crippen LogP) is 2.83. The number of benzene rings is 1. The third-order valence-corrected chi connectivity index (χ3v) is 5.46. The fraction of sp³-hybridized carbons (Fsp3) is 0.600. The van der Waals surface area contributed by atoms with Crippen LogP contribution in [0.5, 0.6) is 5.75 Å². The molecule has 0 aromatic heterocycles. The van der Waals surface area contributed by atoms with Crippen LogP contribution in [0.15, 0.2) is 23.1 Å². The van der Waals surface area contributed by atoms with Crippen molar-refractivity contribution in [2.75, 3.05) is 26.2 Å². The number of nitrogens with one attached hydrogen (secondary N) is 2. The number of halogens is 2. The minimum Gasteiger partial charge on any atom is -0.492 e. The monoisotopic (exact) mass is 382 g/mol. The van der Waals surface area contributed by atoms with Gasteiger partial charge in [-0.3, -0.25) is 0 Å². The molecule has 1 fully saturated rings. The van der Waals surface area contributed by atoms with E-state index in [1.54, 1.807) is 12.1 Å². The van der Waals surface area contributed by atoms with Crippen LogP contribution in [0.1, 0.15) is 26.2 Å². The van der Waals surface area contributed by atoms with E-state index in [1.165, 1.54) is 12.5 Å². The van der Waals surface area contributed by atoms with Crippen molar-refractivity contribution in [2.24, 2.45) is 5.92 Å². The molecular weight excluding hydrogens is 359 g/mol. The van der Waals surface area contributed by atoms with Crippen molar-refractivity contribution in [1.82, 2.24) is 10.0 Å². The van der Waals surface area contributed by atoms with Crippen molar-refractivity contribution in [3.8, 4) is 5.75 Å². The van der Waals surface area contributed by atoms with Gasteiger partial charge in [-0.25, -0.2) is 13.1 Å². The molecule has 0 atom stereocenters. The zero-order valence-corrected chi connectivity index (χ0v) is 15.6. The lowest BCUT2D eigenvalue weighted by atomic mass is 9.86. The van der Waals surface area contributed by atoms with Gasteiger partial charge < -0.3 is 10.1 Å². The Balaban J connectivity index is 0.00000264. The summed E-state index contributed by atoms with van der Waals surface area (Å²) in [5.41, 5.74) is 0. The SMILES string of the molecule is CCNCCNS(=O)(=O)c1cc(Cl)ccc1OCC1CCC1.Cl. The van der Waals surface area contributed by atoms with Gasteiger partial charge >= 0.3 is 0 Å². The Hall–Kier alpha value is -0.530. The first-order valence-corrected chi connectivity index (χ1v) is 9.52. The van der Waals surface area contributed by atoms with Crippen LogP contribution in [0.4, 0.5) is 0 Å². The highest BCUT2D eigenvalue weighted by Crippen LogP contribution is 2.31. The molecule has 2 N–H and O–H groups in total. The van der Waals surface area contributed by atoms with Crippen LogP contribution in [0.25, 0.3) is 0 Å². The van der Waals surface area contributed by atoms with Crippen molar-refractivity contribution < 1.29 is 13.2 Å². The van der Waals surface area contributed by atoms with Crippen LogP contribution in [0.2, 0.25) is 5.02 Å². The molecule has 1 aromatic carbocycles. The summed E-state index contributed by atoms with van der Waals surface area (Å²) in [6, 6.07) is 4.71. The van der Waals surface area contributed by atoms with E-state index in [0.717, 1.165) is 19.4 Å². The average Bonchev–Trinajstić information content (AvgIpc) is 2.43. The first kappa shape index (κ1) is 20.5. The molecule has 23 heavy (non-hydrogen) atoms. The van der Waals surface area contributed by atoms with Gasteiger partial charge in [0.2, 0.25) is 10.0 Å². The van der Waals surface area contributed by atoms with E-state index in [-0.39, 0.29) is 17.3 Å². The molecule has 8 heteroatoms. The van der Waals surface area contributed by atoms with Crippen LogP contribution < -0.4 is 14.8 Å². The van der Waals surface area contributed by atoms with Crippen molar-refractivity contribution in [3.63, 3.8) is 0 Å². The quantitative estimate of drug-likeness (QED) is 0.644. The van der Waals surface area contributed by atoms with Crippen LogP contribution >= 0.6 is 24.0 Å². The Morgan fingerprint density at radius 2 is 2.04 bits per heavy atom. The number of ether oxygens (including phenoxy) is 1. The van der Waals surface area contributed by atoms with Gasteiger partial charge in [0.05, 0.1) is 6.61 Å². The second-order valence-electron chi connectivity index (χ2n) is 5.45. The van der Waals surface area contributed by atoms with Crippen molar-refractivity contribution in [3.05, 3.63) is 23.2 Å². The molecule has 1 aliphatic rings. The average molecular weight is 383 g/mol. The topological polar surface area (TPSA) is 67.4 Å². The van der Waals surface area contributed by atoms with Crippen molar-refractivity contribution in [2.45, 2.75) is 31.1 Å². The molecule has 0 saturated heterocycles. The summed E-state index contributed by atoms with van der Waals surface area (Å²) in [5, 5.41) is 3.45. The van der Waals surface area contributed by atoms with Gasteiger partial charge in [0.1, 0.15) is 10.6 Å². The standard InChI is InChI=1S/C15H23ClN2O3S.ClH/c1-2-17-8-9-18-22(19,20)15-10-13(16)6-7-14(15)21-11-12-4-3-5-12;/h6-7,10,12,17-18H,2-5,8-9,11H2,1H3;1H. The van der Waals surface area contributed by atoms with Gasteiger partial charge in [-0.2, -0.15) is 0 Å². The largest absolute Gasteiger partial charge is 0.492 e. The number of rotatable bonds is 9. The number of likely N-dealkylation sites (N-methyl/N-ethyl adjacent to an activating group) is 1. The number of hydrogen-bond donors (Lipinski definition) is 2. The zero-order chi connectivity index (χ0) is 16.0. The maximum absolute atomic E-state index is 12.4. The Bertz CT molecular complexity index is 592. The van der Waals surface area contributed by atoms with E-state index in [1.807, 2.05) is 6.92 Å². The summed E-state index contributed by atoms with van der Waals surface area (Å²) in [5.74, 6) is 0.903. The Kier molecular flexibility index (Phi) is 8.64. The first-order valence-electron chi connectivity index (χ1n) is 7.65. The molecule has 0 radical (unpaired) electrons. The fourth-order valence-corrected chi connectivity index (χ4v) is 3.64. The molecule has 132 valence electrons. The van der Waals surface area contributed by atoms with Crippen molar-refractivity contribution >= 4 is 34.0 Å². The maximum atomic E-state index is 12.4. The van der Waals surface area contributed by atoms with Crippen LogP contribution in [-0.2, 0) is 10.0 Å². The summed E-state index contributed by atoms with van der Waals surface area (Å²) in [4.78, 5) is 0.107. The second kappa shape index (κ2) is 9.69. The molecule has 0 spiro atoms. The number of sulfonamides is 1. The van der Waals surface area contributed by atoms with Crippen molar-refractivity contribution in [1.29, 1.82) is 0 Å². The maximum Gasteiger partial charge on any atom is 0.244 e. The third kappa shape index (κ3) is 6.12. The van der Waals surface area contributed by atoms with E-state index < -0.39 is 10.0 Å². The molecule has 1 aromatic rings. The molecular formula is C15H24Cl2N2O3S. The highest BCUT2D eigenvalue weighted by molar-refractivity contribution is 7.89.